The summed E-state index contributed by atoms with van der Waals surface area (Å²) < 4.78 is 0.630. The molecule has 1 spiro atoms. The molecule has 3 aliphatic rings. The van der Waals surface area contributed by atoms with Gasteiger partial charge in [0.05, 0.1) is 4.92 Å². The first-order chi connectivity index (χ1) is 13.1. The van der Waals surface area contributed by atoms with E-state index >= 15 is 0 Å². The van der Waals surface area contributed by atoms with E-state index in [0.717, 1.165) is 0 Å². The number of benzene rings is 1. The molecule has 1 fully saturated rings. The predicted octanol–water partition coefficient (Wildman–Crippen LogP) is 1.72. The van der Waals surface area contributed by atoms with Crippen molar-refractivity contribution < 1.29 is 9.72 Å². The number of amides is 1. The van der Waals surface area contributed by atoms with Gasteiger partial charge in [-0.3, -0.25) is 14.9 Å². The summed E-state index contributed by atoms with van der Waals surface area (Å²) in [7, 11) is 0. The van der Waals surface area contributed by atoms with Crippen LogP contribution in [-0.4, -0.2) is 28.8 Å². The molecule has 3 aliphatic heterocycles. The molecule has 0 aliphatic carbocycles. The lowest BCUT2D eigenvalue weighted by atomic mass is 9.70. The van der Waals surface area contributed by atoms with Crippen LogP contribution in [0.15, 0.2) is 45.6 Å². The fourth-order valence-corrected chi connectivity index (χ4v) is 4.50. The molecule has 1 amide bonds. The maximum atomic E-state index is 13.2. The quantitative estimate of drug-likeness (QED) is 0.442. The zero-order chi connectivity index (χ0) is 20.4. The molecular weight excluding hydrogens is 428 g/mol. The summed E-state index contributed by atoms with van der Waals surface area (Å²) in [5.41, 5.74) is 4.40. The molecule has 144 valence electrons. The molecule has 3 heterocycles. The number of rotatable bonds is 1. The van der Waals surface area contributed by atoms with Crippen LogP contribution in [0.3, 0.4) is 0 Å². The number of nitro groups is 1. The zero-order valence-electron chi connectivity index (χ0n) is 15.2. The van der Waals surface area contributed by atoms with E-state index in [1.807, 2.05) is 19.9 Å². The number of nitrogens with zero attached hydrogens (tertiary/aromatic N) is 3. The molecule has 4 rings (SSSR count). The Kier molecular flexibility index (Phi) is 3.74. The Bertz CT molecular complexity index is 1050. The summed E-state index contributed by atoms with van der Waals surface area (Å²) in [5, 5.41) is 28.0. The smallest absolute Gasteiger partial charge is 0.311 e. The fourth-order valence-electron chi connectivity index (χ4n) is 4.14. The largest absolute Gasteiger partial charge is 0.384 e. The highest BCUT2D eigenvalue weighted by Gasteiger charge is 2.65. The van der Waals surface area contributed by atoms with E-state index in [0.29, 0.717) is 28.8 Å². The van der Waals surface area contributed by atoms with Crippen LogP contribution in [0.25, 0.3) is 0 Å². The number of nitrogens with two attached hydrogens (primary N) is 1. The number of fused-ring (bicyclic) bond motifs is 3. The van der Waals surface area contributed by atoms with Gasteiger partial charge in [-0.1, -0.05) is 29.8 Å². The summed E-state index contributed by atoms with van der Waals surface area (Å²) >= 11 is 3.35. The molecule has 1 unspecified atom stereocenters. The number of halogens is 1. The number of carbonyl (C=O) groups is 1. The Morgan fingerprint density at radius 1 is 1.43 bits per heavy atom. The second-order valence-corrected chi connectivity index (χ2v) is 8.74. The van der Waals surface area contributed by atoms with Gasteiger partial charge in [0.2, 0.25) is 5.41 Å². The van der Waals surface area contributed by atoms with Crippen molar-refractivity contribution in [3.05, 3.63) is 61.3 Å². The lowest BCUT2D eigenvalue weighted by Crippen LogP contribution is -2.58. The average Bonchev–Trinajstić information content (AvgIpc) is 2.88. The minimum Gasteiger partial charge on any atom is -0.384 e. The van der Waals surface area contributed by atoms with Gasteiger partial charge in [-0.15, -0.1) is 0 Å². The molecule has 10 heteroatoms. The van der Waals surface area contributed by atoms with E-state index in [9.17, 15) is 20.2 Å². The van der Waals surface area contributed by atoms with Gasteiger partial charge in [0.25, 0.3) is 5.91 Å². The van der Waals surface area contributed by atoms with Crippen molar-refractivity contribution in [2.24, 2.45) is 11.1 Å². The number of hydrogen-bond donors (Lipinski definition) is 3. The minimum absolute atomic E-state index is 0.0475. The molecule has 0 bridgehead atoms. The number of hydrogen-bond acceptors (Lipinski definition) is 7. The normalized spacial score (nSPS) is 25.1. The lowest BCUT2D eigenvalue weighted by Gasteiger charge is -2.45. The van der Waals surface area contributed by atoms with Gasteiger partial charge in [0.1, 0.15) is 17.5 Å². The van der Waals surface area contributed by atoms with Gasteiger partial charge >= 0.3 is 5.70 Å². The topological polar surface area (TPSA) is 137 Å². The van der Waals surface area contributed by atoms with Crippen molar-refractivity contribution >= 4 is 27.5 Å². The number of carbonyl (C=O) groups excluding carboxylic acids is 1. The fraction of sp³-hybridized carbons (Fsp3) is 0.333. The van der Waals surface area contributed by atoms with Crippen LogP contribution >= 0.6 is 15.9 Å². The van der Waals surface area contributed by atoms with E-state index in [-0.39, 0.29) is 28.3 Å². The first kappa shape index (κ1) is 18.3. The summed E-state index contributed by atoms with van der Waals surface area (Å²) in [5.74, 6) is -0.458. The van der Waals surface area contributed by atoms with Crippen LogP contribution in [0.5, 0.6) is 0 Å². The molecule has 1 atom stereocenters. The van der Waals surface area contributed by atoms with Gasteiger partial charge in [-0.05, 0) is 18.2 Å². The van der Waals surface area contributed by atoms with Gasteiger partial charge in [0, 0.05) is 34.2 Å². The van der Waals surface area contributed by atoms with Gasteiger partial charge in [0.15, 0.2) is 5.82 Å². The standard InChI is InChI=1S/C18H17BrN6O3/c1-17(2)7-22-15-13(25(27)28)18(11(6-20)14(21)24(15)8-17)10-5-9(19)3-4-12(10)23-16(18)26/h3-5,22H,7-8,21H2,1-2H3,(H,23,26). The highest BCUT2D eigenvalue weighted by molar-refractivity contribution is 9.10. The van der Waals surface area contributed by atoms with Crippen molar-refractivity contribution in [3.8, 4) is 6.07 Å². The Morgan fingerprint density at radius 3 is 2.79 bits per heavy atom. The first-order valence-corrected chi connectivity index (χ1v) is 9.35. The van der Waals surface area contributed by atoms with Crippen LogP contribution in [0, 0.1) is 26.9 Å². The maximum absolute atomic E-state index is 13.2. The summed E-state index contributed by atoms with van der Waals surface area (Å²) in [4.78, 5) is 26.4. The molecule has 0 radical (unpaired) electrons. The highest BCUT2D eigenvalue weighted by atomic mass is 79.9. The first-order valence-electron chi connectivity index (χ1n) is 8.56. The third-order valence-electron chi connectivity index (χ3n) is 5.36. The number of nitrogens with one attached hydrogen (secondary N) is 2. The maximum Gasteiger partial charge on any atom is 0.311 e. The Labute approximate surface area is 169 Å². The van der Waals surface area contributed by atoms with Crippen molar-refractivity contribution in [3.63, 3.8) is 0 Å². The third-order valence-corrected chi connectivity index (χ3v) is 5.85. The van der Waals surface area contributed by atoms with Gasteiger partial charge in [-0.25, -0.2) is 0 Å². The molecular formula is C18H17BrN6O3. The van der Waals surface area contributed by atoms with Crippen molar-refractivity contribution in [2.45, 2.75) is 19.3 Å². The van der Waals surface area contributed by atoms with E-state index in [4.69, 9.17) is 5.73 Å². The van der Waals surface area contributed by atoms with Crippen molar-refractivity contribution in [1.82, 2.24) is 10.2 Å². The molecule has 1 aromatic rings. The average molecular weight is 445 g/mol. The van der Waals surface area contributed by atoms with Gasteiger partial charge in [-0.2, -0.15) is 5.26 Å². The molecule has 0 saturated carbocycles. The van der Waals surface area contributed by atoms with Crippen LogP contribution in [-0.2, 0) is 10.2 Å². The lowest BCUT2D eigenvalue weighted by molar-refractivity contribution is -0.435. The zero-order valence-corrected chi connectivity index (χ0v) is 16.8. The van der Waals surface area contributed by atoms with E-state index in [1.165, 1.54) is 4.90 Å². The van der Waals surface area contributed by atoms with Crippen molar-refractivity contribution in [2.75, 3.05) is 18.4 Å². The molecule has 9 nitrogen and oxygen atoms in total. The van der Waals surface area contributed by atoms with Gasteiger partial charge < -0.3 is 21.3 Å². The minimum atomic E-state index is -1.91. The Morgan fingerprint density at radius 2 is 2.14 bits per heavy atom. The van der Waals surface area contributed by atoms with Crippen LogP contribution in [0.4, 0.5) is 5.69 Å². The van der Waals surface area contributed by atoms with Crippen LogP contribution in [0.2, 0.25) is 0 Å². The van der Waals surface area contributed by atoms with E-state index in [1.54, 1.807) is 18.2 Å². The SMILES string of the molecule is CC1(C)CNC2=C([N+](=O)[O-])C3(C(=O)Nc4ccc(Br)cc43)C(C#N)=C(N)N2C1. The number of nitriles is 1. The Hall–Kier alpha value is -3.06. The third kappa shape index (κ3) is 2.19. The molecule has 28 heavy (non-hydrogen) atoms. The molecule has 0 aromatic heterocycles. The number of anilines is 1. The van der Waals surface area contributed by atoms with Crippen LogP contribution in [0.1, 0.15) is 19.4 Å². The summed E-state index contributed by atoms with van der Waals surface area (Å²) in [6.45, 7) is 4.82. The molecule has 1 saturated heterocycles. The van der Waals surface area contributed by atoms with Crippen molar-refractivity contribution in [1.29, 1.82) is 5.26 Å². The monoisotopic (exact) mass is 444 g/mol. The second kappa shape index (κ2) is 5.72. The van der Waals surface area contributed by atoms with E-state index < -0.39 is 16.2 Å². The van der Waals surface area contributed by atoms with E-state index in [2.05, 4.69) is 26.6 Å². The Balaban J connectivity index is 2.11. The summed E-state index contributed by atoms with van der Waals surface area (Å²) in [6.07, 6.45) is 0. The predicted molar refractivity (Wildman–Crippen MR) is 104 cm³/mol. The highest BCUT2D eigenvalue weighted by Crippen LogP contribution is 2.53. The van der Waals surface area contributed by atoms with Crippen LogP contribution < -0.4 is 16.4 Å². The second-order valence-electron chi connectivity index (χ2n) is 7.82. The summed E-state index contributed by atoms with van der Waals surface area (Å²) in [6, 6.07) is 6.97. The molecule has 4 N–H and O–H groups in total. The molecule has 1 aromatic carbocycles.